The number of aliphatic hydroxyl groups is 2. The summed E-state index contributed by atoms with van der Waals surface area (Å²) >= 11 is 0. The molecule has 0 bridgehead atoms. The molecule has 4 rings (SSSR count). The highest BCUT2D eigenvalue weighted by Gasteiger charge is 2.28. The summed E-state index contributed by atoms with van der Waals surface area (Å²) in [5, 5.41) is 23.0. The molecule has 0 aliphatic carbocycles. The zero-order chi connectivity index (χ0) is 26.5. The van der Waals surface area contributed by atoms with Crippen molar-refractivity contribution in [3.05, 3.63) is 82.8 Å². The molecule has 4 aromatic rings. The van der Waals surface area contributed by atoms with Crippen molar-refractivity contribution < 1.29 is 33.6 Å². The topological polar surface area (TPSA) is 113 Å². The molecule has 4 N–H and O–H groups in total. The molecule has 0 fully saturated rings. The van der Waals surface area contributed by atoms with E-state index in [2.05, 4.69) is 10.3 Å². The number of ketones is 1. The molecule has 37 heavy (non-hydrogen) atoms. The number of aromatic amines is 1. The van der Waals surface area contributed by atoms with Gasteiger partial charge in [0, 0.05) is 46.6 Å². The number of carbonyl (C=O) groups excluding carboxylic acids is 1. The lowest BCUT2D eigenvalue weighted by Crippen LogP contribution is -2.23. The minimum absolute atomic E-state index is 0.0831. The first-order chi connectivity index (χ1) is 17.9. The van der Waals surface area contributed by atoms with Crippen LogP contribution in [0.2, 0.25) is 0 Å². The summed E-state index contributed by atoms with van der Waals surface area (Å²) in [6.07, 6.45) is 1.64. The first kappa shape index (κ1) is 26.0. The number of methoxy groups -OCH3 is 2. The molecule has 0 saturated heterocycles. The van der Waals surface area contributed by atoms with Gasteiger partial charge >= 0.3 is 0 Å². The van der Waals surface area contributed by atoms with Gasteiger partial charge in [-0.3, -0.25) is 4.79 Å². The van der Waals surface area contributed by atoms with Gasteiger partial charge in [-0.05, 0) is 42.3 Å². The molecule has 3 aromatic carbocycles. The SMILES string of the molecule is COc1cc(NC(C(=O)c2c[nH]c3c(C)c(OC)ccc23)c2ccc(F)cc2CO)cc(OCCO)c1. The largest absolute Gasteiger partial charge is 0.497 e. The van der Waals surface area contributed by atoms with E-state index in [0.29, 0.717) is 39.4 Å². The lowest BCUT2D eigenvalue weighted by Gasteiger charge is -2.22. The Morgan fingerprint density at radius 1 is 1.05 bits per heavy atom. The number of hydrogen-bond donors (Lipinski definition) is 4. The van der Waals surface area contributed by atoms with Gasteiger partial charge in [0.2, 0.25) is 0 Å². The van der Waals surface area contributed by atoms with E-state index < -0.39 is 18.5 Å². The standard InChI is InChI=1S/C28H29FN2O6/c1-16-25(36-3)7-6-23-24(14-30-26(16)23)28(34)27(22-5-4-18(29)10-17(22)15-33)31-19-11-20(35-2)13-21(12-19)37-9-8-32/h4-7,10-14,27,30-33H,8-9,15H2,1-3H3. The Kier molecular flexibility index (Phi) is 7.95. The van der Waals surface area contributed by atoms with Crippen molar-refractivity contribution in [1.29, 1.82) is 0 Å². The number of halogens is 1. The summed E-state index contributed by atoms with van der Waals surface area (Å²) in [6, 6.07) is 11.6. The lowest BCUT2D eigenvalue weighted by molar-refractivity contribution is 0.0970. The van der Waals surface area contributed by atoms with E-state index in [1.807, 2.05) is 13.0 Å². The van der Waals surface area contributed by atoms with Crippen molar-refractivity contribution in [2.24, 2.45) is 0 Å². The van der Waals surface area contributed by atoms with Crippen LogP contribution in [0.25, 0.3) is 10.9 Å². The molecule has 1 atom stereocenters. The Bertz CT molecular complexity index is 1420. The summed E-state index contributed by atoms with van der Waals surface area (Å²) in [4.78, 5) is 17.2. The monoisotopic (exact) mass is 508 g/mol. The van der Waals surface area contributed by atoms with Crippen LogP contribution >= 0.6 is 0 Å². The summed E-state index contributed by atoms with van der Waals surface area (Å²) < 4.78 is 30.3. The van der Waals surface area contributed by atoms with Gasteiger partial charge in [0.25, 0.3) is 0 Å². The zero-order valence-corrected chi connectivity index (χ0v) is 20.8. The number of carbonyl (C=O) groups is 1. The fourth-order valence-electron chi connectivity index (χ4n) is 4.37. The summed E-state index contributed by atoms with van der Waals surface area (Å²) in [6.45, 7) is 1.36. The van der Waals surface area contributed by atoms with Gasteiger partial charge in [0.1, 0.15) is 35.7 Å². The lowest BCUT2D eigenvalue weighted by atomic mass is 9.92. The Balaban J connectivity index is 1.82. The van der Waals surface area contributed by atoms with E-state index in [-0.39, 0.29) is 24.6 Å². The Labute approximate surface area is 213 Å². The van der Waals surface area contributed by atoms with Crippen LogP contribution in [0, 0.1) is 12.7 Å². The van der Waals surface area contributed by atoms with Crippen molar-refractivity contribution >= 4 is 22.4 Å². The maximum Gasteiger partial charge on any atom is 0.191 e. The molecule has 0 radical (unpaired) electrons. The highest BCUT2D eigenvalue weighted by Crippen LogP contribution is 2.35. The number of fused-ring (bicyclic) bond motifs is 1. The molecule has 1 unspecified atom stereocenters. The van der Waals surface area contributed by atoms with Crippen molar-refractivity contribution in [3.63, 3.8) is 0 Å². The fourth-order valence-corrected chi connectivity index (χ4v) is 4.37. The molecule has 0 aliphatic rings. The van der Waals surface area contributed by atoms with Crippen LogP contribution < -0.4 is 19.5 Å². The van der Waals surface area contributed by atoms with Gasteiger partial charge in [0.15, 0.2) is 5.78 Å². The summed E-state index contributed by atoms with van der Waals surface area (Å²) in [5.41, 5.74) is 3.25. The molecule has 8 nitrogen and oxygen atoms in total. The molecule has 0 aliphatic heterocycles. The number of ether oxygens (including phenoxy) is 3. The number of aliphatic hydroxyl groups excluding tert-OH is 2. The minimum atomic E-state index is -0.984. The van der Waals surface area contributed by atoms with E-state index in [1.165, 1.54) is 25.3 Å². The number of H-pyrrole nitrogens is 1. The van der Waals surface area contributed by atoms with Gasteiger partial charge in [0.05, 0.1) is 33.0 Å². The number of hydrogen-bond acceptors (Lipinski definition) is 7. The fraction of sp³-hybridized carbons (Fsp3) is 0.250. The third-order valence-corrected chi connectivity index (χ3v) is 6.19. The van der Waals surface area contributed by atoms with E-state index in [0.717, 1.165) is 11.1 Å². The second-order valence-corrected chi connectivity index (χ2v) is 8.43. The van der Waals surface area contributed by atoms with Gasteiger partial charge in [-0.1, -0.05) is 6.07 Å². The average molecular weight is 509 g/mol. The Hall–Kier alpha value is -4.08. The first-order valence-electron chi connectivity index (χ1n) is 11.7. The molecule has 0 spiro atoms. The van der Waals surface area contributed by atoms with E-state index in [9.17, 15) is 14.3 Å². The number of rotatable bonds is 11. The molecule has 1 aromatic heterocycles. The first-order valence-corrected chi connectivity index (χ1v) is 11.7. The number of Topliss-reactive ketones (excluding diaryl/α,β-unsaturated/α-hetero) is 1. The molecule has 1 heterocycles. The van der Waals surface area contributed by atoms with Gasteiger partial charge in [-0.25, -0.2) is 4.39 Å². The van der Waals surface area contributed by atoms with Crippen molar-refractivity contribution in [3.8, 4) is 17.2 Å². The van der Waals surface area contributed by atoms with Gasteiger partial charge in [-0.15, -0.1) is 0 Å². The van der Waals surface area contributed by atoms with Crippen LogP contribution in [0.3, 0.4) is 0 Å². The Morgan fingerprint density at radius 2 is 1.84 bits per heavy atom. The van der Waals surface area contributed by atoms with E-state index in [1.54, 1.807) is 37.6 Å². The highest BCUT2D eigenvalue weighted by atomic mass is 19.1. The predicted molar refractivity (Wildman–Crippen MR) is 138 cm³/mol. The smallest absolute Gasteiger partial charge is 0.191 e. The maximum atomic E-state index is 14.1. The van der Waals surface area contributed by atoms with Crippen molar-refractivity contribution in [2.75, 3.05) is 32.8 Å². The normalized spacial score (nSPS) is 11.8. The quantitative estimate of drug-likeness (QED) is 0.220. The second kappa shape index (κ2) is 11.3. The van der Waals surface area contributed by atoms with Gasteiger partial charge < -0.3 is 34.7 Å². The summed E-state index contributed by atoms with van der Waals surface area (Å²) in [5.74, 6) is 0.780. The van der Waals surface area contributed by atoms with Crippen LogP contribution in [0.1, 0.15) is 33.1 Å². The van der Waals surface area contributed by atoms with Crippen LogP contribution in [0.5, 0.6) is 17.2 Å². The average Bonchev–Trinajstić information content (AvgIpc) is 3.35. The molecule has 0 amide bonds. The minimum Gasteiger partial charge on any atom is -0.497 e. The number of aryl methyl sites for hydroxylation is 1. The summed E-state index contributed by atoms with van der Waals surface area (Å²) in [7, 11) is 3.09. The van der Waals surface area contributed by atoms with Gasteiger partial charge in [-0.2, -0.15) is 0 Å². The number of nitrogens with one attached hydrogen (secondary N) is 2. The second-order valence-electron chi connectivity index (χ2n) is 8.43. The Morgan fingerprint density at radius 3 is 2.54 bits per heavy atom. The highest BCUT2D eigenvalue weighted by molar-refractivity contribution is 6.12. The zero-order valence-electron chi connectivity index (χ0n) is 20.8. The number of benzene rings is 3. The maximum absolute atomic E-state index is 14.1. The predicted octanol–water partition coefficient (Wildman–Crippen LogP) is 4.53. The van der Waals surface area contributed by atoms with Crippen molar-refractivity contribution in [2.45, 2.75) is 19.6 Å². The molecule has 194 valence electrons. The number of aromatic nitrogens is 1. The van der Waals surface area contributed by atoms with E-state index in [4.69, 9.17) is 19.3 Å². The third kappa shape index (κ3) is 5.37. The molecular formula is C28H29FN2O6. The molecular weight excluding hydrogens is 479 g/mol. The van der Waals surface area contributed by atoms with Crippen LogP contribution in [-0.4, -0.2) is 48.4 Å². The van der Waals surface area contributed by atoms with E-state index >= 15 is 0 Å². The van der Waals surface area contributed by atoms with Crippen LogP contribution in [0.4, 0.5) is 10.1 Å². The molecule has 9 heteroatoms. The van der Waals surface area contributed by atoms with Crippen LogP contribution in [-0.2, 0) is 6.61 Å². The number of anilines is 1. The third-order valence-electron chi connectivity index (χ3n) is 6.19. The molecule has 0 saturated carbocycles. The van der Waals surface area contributed by atoms with Crippen LogP contribution in [0.15, 0.2) is 54.7 Å². The van der Waals surface area contributed by atoms with Crippen molar-refractivity contribution in [1.82, 2.24) is 4.98 Å².